The summed E-state index contributed by atoms with van der Waals surface area (Å²) in [6.07, 6.45) is 0.489. The van der Waals surface area contributed by atoms with Crippen molar-refractivity contribution in [2.24, 2.45) is 5.73 Å². The van der Waals surface area contributed by atoms with Gasteiger partial charge in [-0.3, -0.25) is 4.79 Å². The van der Waals surface area contributed by atoms with E-state index in [0.29, 0.717) is 19.5 Å². The largest absolute Gasteiger partial charge is 0.336 e. The number of carbonyl (C=O) groups is 1. The Kier molecular flexibility index (Phi) is 2.90. The molecule has 0 aliphatic carbocycles. The molecule has 1 saturated heterocycles. The Morgan fingerprint density at radius 3 is 3.00 bits per heavy atom. The van der Waals surface area contributed by atoms with Gasteiger partial charge in [-0.1, -0.05) is 0 Å². The maximum absolute atomic E-state index is 11.5. The average Bonchev–Trinajstić information content (AvgIpc) is 2.62. The second kappa shape index (κ2) is 4.00. The smallest absolute Gasteiger partial charge is 0.224 e. The Morgan fingerprint density at radius 2 is 2.50 bits per heavy atom. The van der Waals surface area contributed by atoms with Gasteiger partial charge in [-0.05, 0) is 27.4 Å². The predicted molar refractivity (Wildman–Crippen MR) is 60.0 cm³/mol. The maximum Gasteiger partial charge on any atom is 0.224 e. The lowest BCUT2D eigenvalue weighted by Gasteiger charge is -2.14. The molecule has 0 saturated carbocycles. The fourth-order valence-electron chi connectivity index (χ4n) is 1.57. The minimum Gasteiger partial charge on any atom is -0.336 e. The van der Waals surface area contributed by atoms with Crippen molar-refractivity contribution < 1.29 is 4.79 Å². The Hall–Kier alpha value is -0.390. The molecule has 1 atom stereocenters. The molecule has 2 rings (SSSR count). The number of likely N-dealkylation sites (tertiary alicyclic amines) is 1. The molecule has 2 N–H and O–H groups in total. The quantitative estimate of drug-likeness (QED) is 0.890. The molecule has 3 nitrogen and oxygen atoms in total. The highest BCUT2D eigenvalue weighted by molar-refractivity contribution is 9.10. The van der Waals surface area contributed by atoms with Crippen molar-refractivity contribution >= 4 is 33.2 Å². The van der Waals surface area contributed by atoms with Crippen LogP contribution in [-0.4, -0.2) is 23.4 Å². The summed E-state index contributed by atoms with van der Waals surface area (Å²) in [4.78, 5) is 14.5. The number of hydrogen-bond acceptors (Lipinski definition) is 3. The van der Waals surface area contributed by atoms with Crippen molar-refractivity contribution in [1.29, 1.82) is 0 Å². The number of thiophene rings is 1. The fraction of sp³-hybridized carbons (Fsp3) is 0.444. The van der Waals surface area contributed by atoms with E-state index >= 15 is 0 Å². The third-order valence-corrected chi connectivity index (χ3v) is 4.18. The van der Waals surface area contributed by atoms with Crippen molar-refractivity contribution in [3.63, 3.8) is 0 Å². The van der Waals surface area contributed by atoms with E-state index in [9.17, 15) is 4.79 Å². The Balaban J connectivity index is 2.05. The molecule has 2 heterocycles. The molecule has 1 aromatic heterocycles. The Labute approximate surface area is 95.0 Å². The van der Waals surface area contributed by atoms with Gasteiger partial charge in [0.05, 0.1) is 6.54 Å². The zero-order valence-electron chi connectivity index (χ0n) is 7.57. The van der Waals surface area contributed by atoms with Crippen LogP contribution in [0.3, 0.4) is 0 Å². The third-order valence-electron chi connectivity index (χ3n) is 2.27. The Morgan fingerprint density at radius 1 is 1.71 bits per heavy atom. The average molecular weight is 275 g/mol. The molecule has 76 valence electrons. The molecule has 0 spiro atoms. The normalized spacial score (nSPS) is 22.0. The summed E-state index contributed by atoms with van der Waals surface area (Å²) in [5, 5.41) is 2.01. The standard InChI is InChI=1S/C9H11BrN2OS/c10-7-1-2-14-8(7)5-12-4-6(11)3-9(12)13/h1-2,6H,3-5,11H2. The monoisotopic (exact) mass is 274 g/mol. The first-order valence-electron chi connectivity index (χ1n) is 4.42. The van der Waals surface area contributed by atoms with E-state index in [1.165, 1.54) is 4.88 Å². The molecule has 0 aromatic carbocycles. The van der Waals surface area contributed by atoms with Crippen molar-refractivity contribution in [1.82, 2.24) is 4.90 Å². The first kappa shape index (κ1) is 10.1. The summed E-state index contributed by atoms with van der Waals surface area (Å²) in [5.41, 5.74) is 5.71. The van der Waals surface area contributed by atoms with E-state index in [-0.39, 0.29) is 11.9 Å². The SMILES string of the molecule is NC1CC(=O)N(Cc2sccc2Br)C1. The van der Waals surface area contributed by atoms with Crippen LogP contribution in [0.2, 0.25) is 0 Å². The van der Waals surface area contributed by atoms with Gasteiger partial charge in [-0.2, -0.15) is 0 Å². The van der Waals surface area contributed by atoms with Crippen LogP contribution in [0.15, 0.2) is 15.9 Å². The second-order valence-corrected chi connectivity index (χ2v) is 5.29. The minimum absolute atomic E-state index is 0.0150. The number of carbonyl (C=O) groups excluding carboxylic acids is 1. The predicted octanol–water partition coefficient (Wildman–Crippen LogP) is 1.57. The molecule has 0 radical (unpaired) electrons. The maximum atomic E-state index is 11.5. The van der Waals surface area contributed by atoms with E-state index in [1.54, 1.807) is 11.3 Å². The number of halogens is 1. The van der Waals surface area contributed by atoms with Gasteiger partial charge in [-0.25, -0.2) is 0 Å². The van der Waals surface area contributed by atoms with Crippen LogP contribution in [0.5, 0.6) is 0 Å². The number of nitrogens with zero attached hydrogens (tertiary/aromatic N) is 1. The number of hydrogen-bond donors (Lipinski definition) is 1. The van der Waals surface area contributed by atoms with Crippen LogP contribution >= 0.6 is 27.3 Å². The summed E-state index contributed by atoms with van der Waals surface area (Å²) in [6, 6.07) is 2.02. The molecular weight excluding hydrogens is 264 g/mol. The van der Waals surface area contributed by atoms with Crippen LogP contribution in [0.25, 0.3) is 0 Å². The zero-order chi connectivity index (χ0) is 10.1. The molecule has 5 heteroatoms. The molecule has 1 fully saturated rings. The fourth-order valence-corrected chi connectivity index (χ4v) is 3.06. The van der Waals surface area contributed by atoms with Crippen molar-refractivity contribution in [3.05, 3.63) is 20.8 Å². The molecule has 1 aliphatic rings. The van der Waals surface area contributed by atoms with Crippen molar-refractivity contribution in [2.45, 2.75) is 19.0 Å². The van der Waals surface area contributed by atoms with Crippen LogP contribution in [0.1, 0.15) is 11.3 Å². The summed E-state index contributed by atoms with van der Waals surface area (Å²) >= 11 is 5.11. The van der Waals surface area contributed by atoms with Gasteiger partial charge < -0.3 is 10.6 Å². The highest BCUT2D eigenvalue weighted by atomic mass is 79.9. The lowest BCUT2D eigenvalue weighted by atomic mass is 10.3. The van der Waals surface area contributed by atoms with Crippen LogP contribution < -0.4 is 5.73 Å². The molecule has 0 bridgehead atoms. The summed E-state index contributed by atoms with van der Waals surface area (Å²) in [6.45, 7) is 1.37. The van der Waals surface area contributed by atoms with Gasteiger partial charge in [0.25, 0.3) is 0 Å². The molecular formula is C9H11BrN2OS. The molecule has 14 heavy (non-hydrogen) atoms. The lowest BCUT2D eigenvalue weighted by molar-refractivity contribution is -0.128. The van der Waals surface area contributed by atoms with Crippen molar-refractivity contribution in [3.8, 4) is 0 Å². The first-order valence-corrected chi connectivity index (χ1v) is 6.09. The number of amides is 1. The van der Waals surface area contributed by atoms with Crippen LogP contribution in [0.4, 0.5) is 0 Å². The van der Waals surface area contributed by atoms with Crippen LogP contribution in [0, 0.1) is 0 Å². The molecule has 1 amide bonds. The highest BCUT2D eigenvalue weighted by Crippen LogP contribution is 2.25. The summed E-state index contributed by atoms with van der Waals surface area (Å²) in [7, 11) is 0. The van der Waals surface area contributed by atoms with E-state index < -0.39 is 0 Å². The van der Waals surface area contributed by atoms with Gasteiger partial charge in [0.2, 0.25) is 5.91 Å². The van der Waals surface area contributed by atoms with Gasteiger partial charge >= 0.3 is 0 Å². The van der Waals surface area contributed by atoms with E-state index in [1.807, 2.05) is 16.3 Å². The third kappa shape index (κ3) is 1.99. The van der Waals surface area contributed by atoms with E-state index in [2.05, 4.69) is 15.9 Å². The molecule has 1 unspecified atom stereocenters. The van der Waals surface area contributed by atoms with E-state index in [0.717, 1.165) is 4.47 Å². The van der Waals surface area contributed by atoms with Gasteiger partial charge in [0, 0.05) is 28.4 Å². The second-order valence-electron chi connectivity index (χ2n) is 3.43. The highest BCUT2D eigenvalue weighted by Gasteiger charge is 2.27. The topological polar surface area (TPSA) is 46.3 Å². The molecule has 1 aromatic rings. The number of nitrogens with two attached hydrogens (primary N) is 1. The van der Waals surface area contributed by atoms with Crippen molar-refractivity contribution in [2.75, 3.05) is 6.54 Å². The first-order chi connectivity index (χ1) is 6.66. The Bertz CT molecular complexity index is 352. The minimum atomic E-state index is 0.0150. The lowest BCUT2D eigenvalue weighted by Crippen LogP contribution is -2.27. The summed E-state index contributed by atoms with van der Waals surface area (Å²) < 4.78 is 1.08. The molecule has 1 aliphatic heterocycles. The van der Waals surface area contributed by atoms with Gasteiger partial charge in [-0.15, -0.1) is 11.3 Å². The zero-order valence-corrected chi connectivity index (χ0v) is 9.97. The van der Waals surface area contributed by atoms with Gasteiger partial charge in [0.15, 0.2) is 0 Å². The number of rotatable bonds is 2. The van der Waals surface area contributed by atoms with Gasteiger partial charge in [0.1, 0.15) is 0 Å². The summed E-state index contributed by atoms with van der Waals surface area (Å²) in [5.74, 6) is 0.165. The van der Waals surface area contributed by atoms with Crippen LogP contribution in [-0.2, 0) is 11.3 Å². The van der Waals surface area contributed by atoms with E-state index in [4.69, 9.17) is 5.73 Å².